The lowest BCUT2D eigenvalue weighted by molar-refractivity contribution is -0.148. The van der Waals surface area contributed by atoms with Crippen molar-refractivity contribution in [2.45, 2.75) is 38.3 Å². The zero-order valence-electron chi connectivity index (χ0n) is 20.4. The van der Waals surface area contributed by atoms with Gasteiger partial charge in [-0.1, -0.05) is 5.16 Å². The van der Waals surface area contributed by atoms with Crippen molar-refractivity contribution < 1.29 is 39.6 Å². The van der Waals surface area contributed by atoms with Gasteiger partial charge in [0.1, 0.15) is 29.4 Å². The molecular formula is C25H29N3O8. The molecule has 6 N–H and O–H groups in total. The fourth-order valence-electron chi connectivity index (χ4n) is 5.80. The summed E-state index contributed by atoms with van der Waals surface area (Å²) in [7, 11) is 3.16. The van der Waals surface area contributed by atoms with E-state index in [4.69, 9.17) is 10.6 Å². The molecule has 0 unspecified atom stereocenters. The second-order valence-electron chi connectivity index (χ2n) is 9.54. The molecule has 4 atom stereocenters. The summed E-state index contributed by atoms with van der Waals surface area (Å²) in [6, 6.07) is 1.91. The van der Waals surface area contributed by atoms with Crippen molar-refractivity contribution in [3.8, 4) is 5.75 Å². The zero-order valence-corrected chi connectivity index (χ0v) is 20.4. The second kappa shape index (κ2) is 8.75. The molecule has 0 heterocycles. The van der Waals surface area contributed by atoms with Crippen LogP contribution in [0.15, 0.2) is 40.0 Å². The lowest BCUT2D eigenvalue weighted by Crippen LogP contribution is -2.63. The highest BCUT2D eigenvalue weighted by atomic mass is 16.6. The summed E-state index contributed by atoms with van der Waals surface area (Å²) in [4.78, 5) is 45.6. The van der Waals surface area contributed by atoms with E-state index >= 15 is 0 Å². The van der Waals surface area contributed by atoms with Gasteiger partial charge in [-0.2, -0.15) is 0 Å². The molecule has 1 amide bonds. The number of aliphatic hydroxyl groups is 3. The first-order valence-corrected chi connectivity index (χ1v) is 11.5. The number of hydrogen-bond donors (Lipinski definition) is 5. The van der Waals surface area contributed by atoms with Crippen LogP contribution in [-0.4, -0.2) is 80.9 Å². The van der Waals surface area contributed by atoms with E-state index in [1.165, 1.54) is 11.0 Å². The highest BCUT2D eigenvalue weighted by molar-refractivity contribution is 6.25. The number of fused-ring (bicyclic) bond motifs is 3. The molecule has 0 aromatic heterocycles. The lowest BCUT2D eigenvalue weighted by Gasteiger charge is -2.50. The molecule has 0 saturated heterocycles. The van der Waals surface area contributed by atoms with Crippen molar-refractivity contribution in [3.63, 3.8) is 0 Å². The summed E-state index contributed by atoms with van der Waals surface area (Å²) >= 11 is 0. The van der Waals surface area contributed by atoms with Crippen LogP contribution in [0.5, 0.6) is 5.75 Å². The minimum absolute atomic E-state index is 0.0164. The van der Waals surface area contributed by atoms with Crippen molar-refractivity contribution in [3.05, 3.63) is 51.5 Å². The molecule has 1 aromatic carbocycles. The van der Waals surface area contributed by atoms with Crippen LogP contribution in [0.2, 0.25) is 0 Å². The Balaban J connectivity index is 1.94. The number of phenols is 1. The molecule has 4 rings (SSSR count). The molecule has 11 nitrogen and oxygen atoms in total. The van der Waals surface area contributed by atoms with Gasteiger partial charge in [0.25, 0.3) is 5.91 Å². The second-order valence-corrected chi connectivity index (χ2v) is 9.54. The van der Waals surface area contributed by atoms with Crippen LogP contribution in [0.25, 0.3) is 0 Å². The smallest absolute Gasteiger partial charge is 0.255 e. The lowest BCUT2D eigenvalue weighted by atomic mass is 9.58. The van der Waals surface area contributed by atoms with Crippen molar-refractivity contribution in [2.24, 2.45) is 22.7 Å². The van der Waals surface area contributed by atoms with Crippen LogP contribution in [0.1, 0.15) is 41.8 Å². The average molecular weight is 500 g/mol. The van der Waals surface area contributed by atoms with E-state index in [0.29, 0.717) is 23.4 Å². The maximum absolute atomic E-state index is 13.7. The summed E-state index contributed by atoms with van der Waals surface area (Å²) in [6.45, 7) is 3.81. The number of amides is 1. The Morgan fingerprint density at radius 2 is 1.92 bits per heavy atom. The molecule has 0 radical (unpaired) electrons. The van der Waals surface area contributed by atoms with Gasteiger partial charge < -0.3 is 31.0 Å². The minimum Gasteiger partial charge on any atom is -0.510 e. The average Bonchev–Trinajstić information content (AvgIpc) is 2.79. The molecule has 0 bridgehead atoms. The van der Waals surface area contributed by atoms with Gasteiger partial charge in [0.2, 0.25) is 5.78 Å². The van der Waals surface area contributed by atoms with E-state index < -0.39 is 58.0 Å². The molecule has 0 fully saturated rings. The Bertz CT molecular complexity index is 1280. The quantitative estimate of drug-likeness (QED) is 0.223. The van der Waals surface area contributed by atoms with Crippen molar-refractivity contribution >= 4 is 23.2 Å². The summed E-state index contributed by atoms with van der Waals surface area (Å²) in [6.07, 6.45) is 0.194. The van der Waals surface area contributed by atoms with Crippen LogP contribution in [0.4, 0.5) is 0 Å². The van der Waals surface area contributed by atoms with E-state index in [0.717, 1.165) is 0 Å². The van der Waals surface area contributed by atoms with Gasteiger partial charge in [-0.25, -0.2) is 0 Å². The number of nitrogens with two attached hydrogens (primary N) is 1. The Morgan fingerprint density at radius 1 is 1.25 bits per heavy atom. The number of likely N-dealkylation sites (N-methyl/N-ethyl adjacent to an activating group) is 1. The van der Waals surface area contributed by atoms with E-state index in [2.05, 4.69) is 5.16 Å². The predicted octanol–water partition coefficient (Wildman–Crippen LogP) is 0.881. The normalized spacial score (nSPS) is 28.2. The Kier molecular flexibility index (Phi) is 6.17. The Labute approximate surface area is 207 Å². The molecule has 0 saturated carbocycles. The predicted molar refractivity (Wildman–Crippen MR) is 128 cm³/mol. The summed E-state index contributed by atoms with van der Waals surface area (Å²) in [5, 5.41) is 48.3. The van der Waals surface area contributed by atoms with Crippen LogP contribution >= 0.6 is 0 Å². The number of hydrogen-bond acceptors (Lipinski definition) is 10. The van der Waals surface area contributed by atoms with Crippen LogP contribution < -0.4 is 5.73 Å². The van der Waals surface area contributed by atoms with Crippen molar-refractivity contribution in [1.29, 1.82) is 0 Å². The van der Waals surface area contributed by atoms with Crippen molar-refractivity contribution in [2.75, 3.05) is 20.7 Å². The van der Waals surface area contributed by atoms with Gasteiger partial charge in [0.15, 0.2) is 11.4 Å². The van der Waals surface area contributed by atoms with E-state index in [1.807, 2.05) is 0 Å². The third kappa shape index (κ3) is 3.41. The van der Waals surface area contributed by atoms with Crippen LogP contribution in [-0.2, 0) is 20.8 Å². The molecule has 0 aliphatic heterocycles. The molecule has 192 valence electrons. The van der Waals surface area contributed by atoms with Crippen LogP contribution in [0.3, 0.4) is 0 Å². The number of oxime groups is 1. The monoisotopic (exact) mass is 499 g/mol. The molecular weight excluding hydrogens is 470 g/mol. The first kappa shape index (κ1) is 25.4. The molecule has 3 aliphatic rings. The number of aromatic hydroxyl groups is 1. The summed E-state index contributed by atoms with van der Waals surface area (Å²) < 4.78 is 0. The highest BCUT2D eigenvalue weighted by Gasteiger charge is 2.63. The first-order chi connectivity index (χ1) is 16.9. The number of rotatable bonds is 5. The Hall–Kier alpha value is -3.70. The minimum atomic E-state index is -2.66. The number of Topliss-reactive ketones (excluding diaryl/α,β-unsaturated/α-hetero) is 2. The molecule has 1 aromatic rings. The maximum atomic E-state index is 13.7. The number of carbonyl (C=O) groups excluding carboxylic acids is 3. The molecule has 0 spiro atoms. The standard InChI is InChI=1S/C25H29N3O8/c1-5-36-27-10(2)12-6-7-15(29)17-13(12)8-11-9-14-19(28(3)4)21(31)18(24(26)34)23(33)25(14,35)22(32)16(11)20(17)30/h6-7,11,14,19,29,31-32,35H,5,8-9H2,1-4H3,(H2,26,34)/b27-10+/t11-,14-,19-,25-/m0/s1. The third-order valence-corrected chi connectivity index (χ3v) is 7.33. The zero-order chi connectivity index (χ0) is 26.7. The number of allylic oxidation sites excluding steroid dienone is 1. The SMILES string of the molecule is CCO/N=C(\C)c1ccc(O)c2c1C[C@H]1C[C@H]3[C@H](N(C)C)C(O)=C(C(N)=O)C(=O)[C@@]3(O)C(O)=C1C2=O. The van der Waals surface area contributed by atoms with Gasteiger partial charge in [0.05, 0.1) is 17.3 Å². The topological polar surface area (TPSA) is 183 Å². The van der Waals surface area contributed by atoms with Gasteiger partial charge in [0, 0.05) is 17.1 Å². The number of phenolic OH excluding ortho intramolecular Hbond substituents is 1. The molecule has 3 aliphatic carbocycles. The number of ketones is 2. The number of carbonyl (C=O) groups is 3. The molecule has 11 heteroatoms. The maximum Gasteiger partial charge on any atom is 0.255 e. The Morgan fingerprint density at radius 3 is 2.50 bits per heavy atom. The van der Waals surface area contributed by atoms with Gasteiger partial charge >= 0.3 is 0 Å². The summed E-state index contributed by atoms with van der Waals surface area (Å²) in [5.41, 5.74) is 3.11. The van der Waals surface area contributed by atoms with E-state index in [-0.39, 0.29) is 29.7 Å². The van der Waals surface area contributed by atoms with Gasteiger partial charge in [-0.05, 0) is 64.4 Å². The highest BCUT2D eigenvalue weighted by Crippen LogP contribution is 2.52. The van der Waals surface area contributed by atoms with Crippen LogP contribution in [0, 0.1) is 11.8 Å². The van der Waals surface area contributed by atoms with Gasteiger partial charge in [-0.15, -0.1) is 0 Å². The fraction of sp³-hybridized carbons (Fsp3) is 0.440. The van der Waals surface area contributed by atoms with E-state index in [9.17, 15) is 34.8 Å². The van der Waals surface area contributed by atoms with Gasteiger partial charge in [-0.3, -0.25) is 19.3 Å². The third-order valence-electron chi connectivity index (χ3n) is 7.33. The number of nitrogens with zero attached hydrogens (tertiary/aromatic N) is 2. The number of benzene rings is 1. The largest absolute Gasteiger partial charge is 0.510 e. The van der Waals surface area contributed by atoms with E-state index in [1.54, 1.807) is 34.0 Å². The fourth-order valence-corrected chi connectivity index (χ4v) is 5.80. The number of primary amides is 1. The first-order valence-electron chi connectivity index (χ1n) is 11.5. The summed E-state index contributed by atoms with van der Waals surface area (Å²) in [5.74, 6) is -6.84. The number of aliphatic hydroxyl groups excluding tert-OH is 2. The molecule has 36 heavy (non-hydrogen) atoms. The van der Waals surface area contributed by atoms with Crippen molar-refractivity contribution in [1.82, 2.24) is 4.90 Å².